The third-order valence-corrected chi connectivity index (χ3v) is 3.77. The minimum Gasteiger partial charge on any atom is -0.323 e. The highest BCUT2D eigenvalue weighted by Crippen LogP contribution is 2.29. The quantitative estimate of drug-likeness (QED) is 0.942. The lowest BCUT2D eigenvalue weighted by Crippen LogP contribution is -2.42. The van der Waals surface area contributed by atoms with E-state index in [0.29, 0.717) is 12.1 Å². The van der Waals surface area contributed by atoms with E-state index in [9.17, 15) is 9.59 Å². The van der Waals surface area contributed by atoms with Gasteiger partial charge in [0.1, 0.15) is 6.54 Å². The number of nitrogens with zero attached hydrogens (tertiary/aromatic N) is 1. The topological polar surface area (TPSA) is 49.4 Å². The van der Waals surface area contributed by atoms with Gasteiger partial charge in [0, 0.05) is 6.42 Å². The number of rotatable bonds is 4. The third-order valence-electron chi connectivity index (χ3n) is 3.77. The standard InChI is InChI=1S/C18H18N2O2/c21-17-13-20(16-11-5-4-10-15(16)19-17)18(22)12-6-9-14-7-2-1-3-8-14/h1-5,7-8,10-11H,6,9,12-13H2,(H,19,21). The second kappa shape index (κ2) is 6.43. The Labute approximate surface area is 129 Å². The maximum atomic E-state index is 12.4. The summed E-state index contributed by atoms with van der Waals surface area (Å²) in [6, 6.07) is 17.5. The van der Waals surface area contributed by atoms with Crippen LogP contribution in [-0.2, 0) is 16.0 Å². The Kier molecular flexibility index (Phi) is 4.19. The van der Waals surface area contributed by atoms with E-state index < -0.39 is 0 Å². The average Bonchev–Trinajstić information content (AvgIpc) is 2.55. The molecule has 0 spiro atoms. The molecular weight excluding hydrogens is 276 g/mol. The van der Waals surface area contributed by atoms with Crippen LogP contribution < -0.4 is 10.2 Å². The van der Waals surface area contributed by atoms with Gasteiger partial charge in [-0.25, -0.2) is 0 Å². The lowest BCUT2D eigenvalue weighted by molar-refractivity contribution is -0.122. The van der Waals surface area contributed by atoms with Crippen LogP contribution in [0.1, 0.15) is 18.4 Å². The van der Waals surface area contributed by atoms with E-state index in [2.05, 4.69) is 17.4 Å². The van der Waals surface area contributed by atoms with Crippen LogP contribution in [0.3, 0.4) is 0 Å². The first-order valence-electron chi connectivity index (χ1n) is 7.47. The fraction of sp³-hybridized carbons (Fsp3) is 0.222. The van der Waals surface area contributed by atoms with Gasteiger partial charge < -0.3 is 10.2 Å². The zero-order chi connectivity index (χ0) is 15.4. The Bertz CT molecular complexity index is 682. The summed E-state index contributed by atoms with van der Waals surface area (Å²) in [5.41, 5.74) is 2.72. The zero-order valence-electron chi connectivity index (χ0n) is 12.3. The molecule has 0 fully saturated rings. The SMILES string of the molecule is O=C1CN(C(=O)CCCc2ccccc2)c2ccccc2N1. The van der Waals surface area contributed by atoms with Crippen LogP contribution in [0.25, 0.3) is 0 Å². The van der Waals surface area contributed by atoms with E-state index in [4.69, 9.17) is 0 Å². The van der Waals surface area contributed by atoms with Gasteiger partial charge >= 0.3 is 0 Å². The van der Waals surface area contributed by atoms with Crippen molar-refractivity contribution in [1.29, 1.82) is 0 Å². The van der Waals surface area contributed by atoms with Gasteiger partial charge in [-0.2, -0.15) is 0 Å². The summed E-state index contributed by atoms with van der Waals surface area (Å²) < 4.78 is 0. The average molecular weight is 294 g/mol. The lowest BCUT2D eigenvalue weighted by Gasteiger charge is -2.29. The maximum absolute atomic E-state index is 12.4. The highest BCUT2D eigenvalue weighted by atomic mass is 16.2. The number of fused-ring (bicyclic) bond motifs is 1. The van der Waals surface area contributed by atoms with E-state index in [1.807, 2.05) is 42.5 Å². The van der Waals surface area contributed by atoms with Crippen molar-refractivity contribution in [2.45, 2.75) is 19.3 Å². The minimum atomic E-state index is -0.143. The second-order valence-corrected chi connectivity index (χ2v) is 5.38. The molecule has 0 bridgehead atoms. The summed E-state index contributed by atoms with van der Waals surface area (Å²) in [5.74, 6) is -0.145. The fourth-order valence-corrected chi connectivity index (χ4v) is 2.68. The van der Waals surface area contributed by atoms with E-state index >= 15 is 0 Å². The first-order chi connectivity index (χ1) is 10.7. The number of nitrogens with one attached hydrogen (secondary N) is 1. The number of carbonyl (C=O) groups is 2. The molecule has 0 radical (unpaired) electrons. The molecule has 2 aromatic carbocycles. The van der Waals surface area contributed by atoms with Crippen molar-refractivity contribution in [3.05, 3.63) is 60.2 Å². The van der Waals surface area contributed by atoms with Crippen LogP contribution in [0.4, 0.5) is 11.4 Å². The molecule has 1 heterocycles. The fourth-order valence-electron chi connectivity index (χ4n) is 2.68. The molecule has 0 atom stereocenters. The Hall–Kier alpha value is -2.62. The minimum absolute atomic E-state index is 0.00164. The summed E-state index contributed by atoms with van der Waals surface area (Å²) in [6.07, 6.45) is 2.09. The largest absolute Gasteiger partial charge is 0.323 e. The van der Waals surface area contributed by atoms with Gasteiger partial charge in [0.05, 0.1) is 11.4 Å². The van der Waals surface area contributed by atoms with E-state index in [-0.39, 0.29) is 18.4 Å². The number of hydrogen-bond acceptors (Lipinski definition) is 2. The van der Waals surface area contributed by atoms with Crippen LogP contribution in [0, 0.1) is 0 Å². The van der Waals surface area contributed by atoms with E-state index in [1.54, 1.807) is 4.90 Å². The summed E-state index contributed by atoms with van der Waals surface area (Å²) in [7, 11) is 0. The predicted octanol–water partition coefficient (Wildman–Crippen LogP) is 2.99. The normalized spacial score (nSPS) is 13.5. The molecule has 4 nitrogen and oxygen atoms in total. The Balaban J connectivity index is 1.64. The van der Waals surface area contributed by atoms with Crippen molar-refractivity contribution >= 4 is 23.2 Å². The molecule has 1 aliphatic heterocycles. The summed E-state index contributed by atoms with van der Waals surface area (Å²) in [4.78, 5) is 25.8. The van der Waals surface area contributed by atoms with Crippen molar-refractivity contribution in [2.24, 2.45) is 0 Å². The molecule has 2 amide bonds. The Morgan fingerprint density at radius 2 is 1.77 bits per heavy atom. The molecule has 1 N–H and O–H groups in total. The number of benzene rings is 2. The molecule has 0 unspecified atom stereocenters. The predicted molar refractivity (Wildman–Crippen MR) is 86.8 cm³/mol. The maximum Gasteiger partial charge on any atom is 0.244 e. The number of amides is 2. The molecule has 4 heteroatoms. The molecule has 0 saturated carbocycles. The van der Waals surface area contributed by atoms with Crippen molar-refractivity contribution in [3.63, 3.8) is 0 Å². The third kappa shape index (κ3) is 3.17. The van der Waals surface area contributed by atoms with Gasteiger partial charge in [-0.3, -0.25) is 9.59 Å². The van der Waals surface area contributed by atoms with Gasteiger partial charge in [-0.1, -0.05) is 42.5 Å². The summed E-state index contributed by atoms with van der Waals surface area (Å²) in [5, 5.41) is 2.79. The molecular formula is C18H18N2O2. The molecule has 2 aromatic rings. The number of anilines is 2. The van der Waals surface area contributed by atoms with Crippen LogP contribution in [0.5, 0.6) is 0 Å². The first-order valence-corrected chi connectivity index (χ1v) is 7.47. The van der Waals surface area contributed by atoms with Gasteiger partial charge in [-0.15, -0.1) is 0 Å². The number of para-hydroxylation sites is 2. The van der Waals surface area contributed by atoms with Crippen LogP contribution >= 0.6 is 0 Å². The number of hydrogen-bond donors (Lipinski definition) is 1. The summed E-state index contributed by atoms with van der Waals surface area (Å²) in [6.45, 7) is 0.0984. The monoisotopic (exact) mass is 294 g/mol. The van der Waals surface area contributed by atoms with E-state index in [1.165, 1.54) is 5.56 Å². The highest BCUT2D eigenvalue weighted by molar-refractivity contribution is 6.09. The van der Waals surface area contributed by atoms with Crippen molar-refractivity contribution in [3.8, 4) is 0 Å². The zero-order valence-corrected chi connectivity index (χ0v) is 12.3. The Morgan fingerprint density at radius 3 is 2.59 bits per heavy atom. The summed E-state index contributed by atoms with van der Waals surface area (Å²) >= 11 is 0. The van der Waals surface area contributed by atoms with Gasteiger partial charge in [0.25, 0.3) is 0 Å². The second-order valence-electron chi connectivity index (χ2n) is 5.38. The van der Waals surface area contributed by atoms with Gasteiger partial charge in [0.15, 0.2) is 0 Å². The molecule has 22 heavy (non-hydrogen) atoms. The smallest absolute Gasteiger partial charge is 0.244 e. The van der Waals surface area contributed by atoms with Gasteiger partial charge in [-0.05, 0) is 30.5 Å². The molecule has 1 aliphatic rings. The first kappa shape index (κ1) is 14.3. The van der Waals surface area contributed by atoms with Crippen LogP contribution in [0.15, 0.2) is 54.6 Å². The molecule has 3 rings (SSSR count). The Morgan fingerprint density at radius 1 is 1.05 bits per heavy atom. The van der Waals surface area contributed by atoms with E-state index in [0.717, 1.165) is 18.5 Å². The molecule has 0 aromatic heterocycles. The van der Waals surface area contributed by atoms with Crippen molar-refractivity contribution in [2.75, 3.05) is 16.8 Å². The molecule has 0 saturated heterocycles. The van der Waals surface area contributed by atoms with Crippen LogP contribution in [0.2, 0.25) is 0 Å². The highest BCUT2D eigenvalue weighted by Gasteiger charge is 2.25. The van der Waals surface area contributed by atoms with Crippen molar-refractivity contribution < 1.29 is 9.59 Å². The lowest BCUT2D eigenvalue weighted by atomic mass is 10.1. The molecule has 112 valence electrons. The van der Waals surface area contributed by atoms with Crippen molar-refractivity contribution in [1.82, 2.24) is 0 Å². The van der Waals surface area contributed by atoms with Gasteiger partial charge in [0.2, 0.25) is 11.8 Å². The number of carbonyl (C=O) groups excluding carboxylic acids is 2. The van der Waals surface area contributed by atoms with Crippen LogP contribution in [-0.4, -0.2) is 18.4 Å². The molecule has 0 aliphatic carbocycles. The number of aryl methyl sites for hydroxylation is 1.